The van der Waals surface area contributed by atoms with Crippen LogP contribution in [0.25, 0.3) is 0 Å². The number of nitrogens with zero attached hydrogens (tertiary/aromatic N) is 1. The van der Waals surface area contributed by atoms with E-state index >= 15 is 0 Å². The van der Waals surface area contributed by atoms with Crippen LogP contribution in [0, 0.1) is 6.92 Å². The Morgan fingerprint density at radius 2 is 1.73 bits per heavy atom. The van der Waals surface area contributed by atoms with Crippen molar-refractivity contribution in [3.8, 4) is 0 Å². The minimum Gasteiger partial charge on any atom is -0.324 e. The Morgan fingerprint density at radius 3 is 2.54 bits per heavy atom. The van der Waals surface area contributed by atoms with Crippen LogP contribution in [0.4, 0.5) is 16.2 Å². The SMILES string of the molecule is Cc1cccc(NC(=O)c2ccccc2NC(=O)CN2C(=O)N[C@](C)(c3ccc4c(c3)CCC4)C2=O)c1. The summed E-state index contributed by atoms with van der Waals surface area (Å²) >= 11 is 0. The lowest BCUT2D eigenvalue weighted by Crippen LogP contribution is -2.42. The largest absolute Gasteiger partial charge is 0.325 e. The summed E-state index contributed by atoms with van der Waals surface area (Å²) in [5, 5.41) is 8.27. The van der Waals surface area contributed by atoms with Gasteiger partial charge in [0.05, 0.1) is 11.3 Å². The number of hydrogen-bond acceptors (Lipinski definition) is 4. The van der Waals surface area contributed by atoms with Crippen LogP contribution in [0.1, 0.15) is 46.0 Å². The first-order valence-corrected chi connectivity index (χ1v) is 12.3. The minimum atomic E-state index is -1.25. The van der Waals surface area contributed by atoms with Gasteiger partial charge in [-0.05, 0) is 79.6 Å². The van der Waals surface area contributed by atoms with E-state index in [4.69, 9.17) is 0 Å². The summed E-state index contributed by atoms with van der Waals surface area (Å²) in [6.07, 6.45) is 3.04. The number of urea groups is 1. The van der Waals surface area contributed by atoms with Crippen LogP contribution in [-0.4, -0.2) is 35.2 Å². The van der Waals surface area contributed by atoms with Crippen molar-refractivity contribution >= 4 is 35.1 Å². The zero-order valence-corrected chi connectivity index (χ0v) is 20.8. The fraction of sp³-hybridized carbons (Fsp3) is 0.241. The molecule has 2 aliphatic rings. The second-order valence-electron chi connectivity index (χ2n) is 9.70. The van der Waals surface area contributed by atoms with E-state index in [1.165, 1.54) is 11.1 Å². The molecule has 37 heavy (non-hydrogen) atoms. The van der Waals surface area contributed by atoms with Crippen molar-refractivity contribution in [3.63, 3.8) is 0 Å². The first-order valence-electron chi connectivity index (χ1n) is 12.3. The average Bonchev–Trinajstić information content (AvgIpc) is 3.42. The number of benzene rings is 3. The highest BCUT2D eigenvalue weighted by molar-refractivity contribution is 6.12. The Balaban J connectivity index is 1.29. The number of para-hydroxylation sites is 1. The standard InChI is InChI=1S/C29H28N4O4/c1-18-7-5-10-22(15-18)30-26(35)23-11-3-4-12-24(23)31-25(34)17-33-27(36)29(2,32-28(33)37)21-14-13-19-8-6-9-20(19)16-21/h3-5,7,10-16H,6,8-9,17H2,1-2H3,(H,30,35)(H,31,34)(H,32,37)/t29-/m1/s1. The predicted octanol–water partition coefficient (Wildman–Crippen LogP) is 4.14. The zero-order valence-electron chi connectivity index (χ0n) is 20.8. The summed E-state index contributed by atoms with van der Waals surface area (Å²) in [5.41, 5.74) is 4.09. The molecular formula is C29H28N4O4. The van der Waals surface area contributed by atoms with Crippen molar-refractivity contribution in [1.82, 2.24) is 10.2 Å². The van der Waals surface area contributed by atoms with Crippen LogP contribution in [0.15, 0.2) is 66.7 Å². The van der Waals surface area contributed by atoms with E-state index in [-0.39, 0.29) is 17.2 Å². The van der Waals surface area contributed by atoms with Gasteiger partial charge in [0.15, 0.2) is 0 Å². The van der Waals surface area contributed by atoms with Gasteiger partial charge >= 0.3 is 6.03 Å². The highest BCUT2D eigenvalue weighted by Crippen LogP contribution is 2.32. The van der Waals surface area contributed by atoms with Gasteiger partial charge in [-0.15, -0.1) is 0 Å². The van der Waals surface area contributed by atoms with Crippen molar-refractivity contribution in [2.75, 3.05) is 17.2 Å². The van der Waals surface area contributed by atoms with Gasteiger partial charge in [-0.25, -0.2) is 4.79 Å². The van der Waals surface area contributed by atoms with E-state index in [9.17, 15) is 19.2 Å². The number of imide groups is 1. The number of aryl methyl sites for hydroxylation is 3. The quantitative estimate of drug-likeness (QED) is 0.446. The minimum absolute atomic E-state index is 0.262. The van der Waals surface area contributed by atoms with Crippen LogP contribution in [0.3, 0.4) is 0 Å². The first-order chi connectivity index (χ1) is 17.7. The third kappa shape index (κ3) is 4.70. The molecule has 5 amide bonds. The van der Waals surface area contributed by atoms with E-state index in [0.717, 1.165) is 29.7 Å². The predicted molar refractivity (Wildman–Crippen MR) is 140 cm³/mol. The highest BCUT2D eigenvalue weighted by atomic mass is 16.2. The lowest BCUT2D eigenvalue weighted by molar-refractivity contribution is -0.133. The lowest BCUT2D eigenvalue weighted by Gasteiger charge is -2.23. The number of amides is 5. The second kappa shape index (κ2) is 9.54. The smallest absolute Gasteiger partial charge is 0.324 e. The molecule has 1 aliphatic heterocycles. The average molecular weight is 497 g/mol. The van der Waals surface area contributed by atoms with Crippen molar-refractivity contribution in [2.24, 2.45) is 0 Å². The summed E-state index contributed by atoms with van der Waals surface area (Å²) in [6.45, 7) is 3.11. The number of fused-ring (bicyclic) bond motifs is 1. The van der Waals surface area contributed by atoms with Gasteiger partial charge in [0.2, 0.25) is 5.91 Å². The molecule has 0 unspecified atom stereocenters. The maximum absolute atomic E-state index is 13.3. The number of carbonyl (C=O) groups is 4. The van der Waals surface area contributed by atoms with Gasteiger partial charge in [0.1, 0.15) is 12.1 Å². The number of rotatable bonds is 6. The maximum Gasteiger partial charge on any atom is 0.325 e. The molecule has 1 saturated heterocycles. The molecule has 3 aromatic carbocycles. The second-order valence-corrected chi connectivity index (χ2v) is 9.70. The van der Waals surface area contributed by atoms with Crippen LogP contribution in [0.5, 0.6) is 0 Å². The molecule has 0 saturated carbocycles. The van der Waals surface area contributed by atoms with E-state index in [0.29, 0.717) is 11.3 Å². The number of anilines is 2. The summed E-state index contributed by atoms with van der Waals surface area (Å²) in [6, 6.07) is 19.2. The van der Waals surface area contributed by atoms with Gasteiger partial charge in [0, 0.05) is 5.69 Å². The third-order valence-corrected chi connectivity index (χ3v) is 6.97. The molecule has 5 rings (SSSR count). The van der Waals surface area contributed by atoms with Crippen molar-refractivity contribution < 1.29 is 19.2 Å². The fourth-order valence-electron chi connectivity index (χ4n) is 4.96. The van der Waals surface area contributed by atoms with Crippen LogP contribution in [-0.2, 0) is 28.0 Å². The normalized spacial score (nSPS) is 18.4. The van der Waals surface area contributed by atoms with Crippen LogP contribution >= 0.6 is 0 Å². The molecule has 8 heteroatoms. The summed E-state index contributed by atoms with van der Waals surface area (Å²) in [4.78, 5) is 52.8. The van der Waals surface area contributed by atoms with Crippen LogP contribution < -0.4 is 16.0 Å². The Kier molecular flexibility index (Phi) is 6.25. The zero-order chi connectivity index (χ0) is 26.2. The van der Waals surface area contributed by atoms with Crippen LogP contribution in [0.2, 0.25) is 0 Å². The highest BCUT2D eigenvalue weighted by Gasteiger charge is 2.49. The number of nitrogens with one attached hydrogen (secondary N) is 3. The Hall–Kier alpha value is -4.46. The van der Waals surface area contributed by atoms with Crippen molar-refractivity contribution in [3.05, 3.63) is 94.5 Å². The number of carbonyl (C=O) groups excluding carboxylic acids is 4. The van der Waals surface area contributed by atoms with Crippen molar-refractivity contribution in [2.45, 2.75) is 38.6 Å². The monoisotopic (exact) mass is 496 g/mol. The molecule has 3 N–H and O–H groups in total. The van der Waals surface area contributed by atoms with E-state index < -0.39 is 29.9 Å². The Bertz CT molecular complexity index is 1430. The maximum atomic E-state index is 13.3. The molecule has 0 spiro atoms. The Labute approximate surface area is 215 Å². The Morgan fingerprint density at radius 1 is 0.946 bits per heavy atom. The van der Waals surface area contributed by atoms with E-state index in [2.05, 4.69) is 16.0 Å². The van der Waals surface area contributed by atoms with Gasteiger partial charge in [-0.2, -0.15) is 0 Å². The molecule has 1 heterocycles. The third-order valence-electron chi connectivity index (χ3n) is 6.97. The van der Waals surface area contributed by atoms with E-state index in [1.807, 2.05) is 43.3 Å². The molecule has 0 aromatic heterocycles. The van der Waals surface area contributed by atoms with Gasteiger partial charge in [-0.3, -0.25) is 19.3 Å². The summed E-state index contributed by atoms with van der Waals surface area (Å²) in [5.74, 6) is -1.46. The summed E-state index contributed by atoms with van der Waals surface area (Å²) in [7, 11) is 0. The van der Waals surface area contributed by atoms with Gasteiger partial charge in [-0.1, -0.05) is 42.5 Å². The molecule has 0 bridgehead atoms. The number of hydrogen-bond donors (Lipinski definition) is 3. The first kappa shape index (κ1) is 24.2. The van der Waals surface area contributed by atoms with E-state index in [1.54, 1.807) is 37.3 Å². The van der Waals surface area contributed by atoms with Crippen molar-refractivity contribution in [1.29, 1.82) is 0 Å². The molecule has 1 fully saturated rings. The molecule has 188 valence electrons. The lowest BCUT2D eigenvalue weighted by atomic mass is 9.89. The van der Waals surface area contributed by atoms with Gasteiger partial charge in [0.25, 0.3) is 11.8 Å². The fourth-order valence-corrected chi connectivity index (χ4v) is 4.96. The molecule has 1 atom stereocenters. The summed E-state index contributed by atoms with van der Waals surface area (Å²) < 4.78 is 0. The molecule has 3 aromatic rings. The topological polar surface area (TPSA) is 108 Å². The van der Waals surface area contributed by atoms with Gasteiger partial charge < -0.3 is 16.0 Å². The molecule has 1 aliphatic carbocycles. The molecule has 0 radical (unpaired) electrons. The molecule has 8 nitrogen and oxygen atoms in total. The molecular weight excluding hydrogens is 468 g/mol.